The maximum absolute atomic E-state index is 4.85. The van der Waals surface area contributed by atoms with Crippen molar-refractivity contribution < 1.29 is 0 Å². The molecule has 1 aliphatic carbocycles. The lowest BCUT2D eigenvalue weighted by atomic mass is 10.1. The Balaban J connectivity index is 1.95. The van der Waals surface area contributed by atoms with Crippen LogP contribution in [0.3, 0.4) is 0 Å². The largest absolute Gasteiger partial charge is 0.371 e. The first-order valence-electron chi connectivity index (χ1n) is 7.37. The fourth-order valence-electron chi connectivity index (χ4n) is 2.90. The number of hydrogen-bond donors (Lipinski definition) is 1. The fourth-order valence-corrected chi connectivity index (χ4v) is 3.16. The van der Waals surface area contributed by atoms with E-state index in [1.807, 2.05) is 0 Å². The highest BCUT2D eigenvalue weighted by Crippen LogP contribution is 2.33. The zero-order chi connectivity index (χ0) is 13.9. The standard InChI is InChI=1S/C16H20BrN3/c1-2-18-16-11-15(12-7-9-13(17)10-8-12)19-20(16)14-5-3-4-6-14/h7-11,14,18H,2-6H2,1H3. The van der Waals surface area contributed by atoms with E-state index >= 15 is 0 Å². The molecule has 1 N–H and O–H groups in total. The molecule has 0 spiro atoms. The minimum absolute atomic E-state index is 0.563. The molecule has 1 aromatic heterocycles. The second-order valence-corrected chi connectivity index (χ2v) is 6.25. The summed E-state index contributed by atoms with van der Waals surface area (Å²) in [6, 6.07) is 11.1. The van der Waals surface area contributed by atoms with Gasteiger partial charge in [-0.3, -0.25) is 0 Å². The minimum Gasteiger partial charge on any atom is -0.371 e. The first-order chi connectivity index (χ1) is 9.78. The second-order valence-electron chi connectivity index (χ2n) is 5.33. The van der Waals surface area contributed by atoms with Crippen molar-refractivity contribution >= 4 is 21.7 Å². The van der Waals surface area contributed by atoms with Crippen molar-refractivity contribution in [3.05, 3.63) is 34.8 Å². The van der Waals surface area contributed by atoms with Gasteiger partial charge in [-0.1, -0.05) is 40.9 Å². The van der Waals surface area contributed by atoms with Crippen molar-refractivity contribution in [1.29, 1.82) is 0 Å². The van der Waals surface area contributed by atoms with Crippen LogP contribution in [0.1, 0.15) is 38.6 Å². The van der Waals surface area contributed by atoms with E-state index in [9.17, 15) is 0 Å². The third-order valence-electron chi connectivity index (χ3n) is 3.90. The zero-order valence-electron chi connectivity index (χ0n) is 11.8. The molecule has 0 radical (unpaired) electrons. The molecule has 1 heterocycles. The summed E-state index contributed by atoms with van der Waals surface area (Å²) >= 11 is 3.48. The number of anilines is 1. The molecule has 106 valence electrons. The molecule has 3 rings (SSSR count). The van der Waals surface area contributed by atoms with E-state index in [2.05, 4.69) is 63.2 Å². The molecule has 2 aromatic rings. The van der Waals surface area contributed by atoms with Gasteiger partial charge in [0.15, 0.2) is 0 Å². The highest BCUT2D eigenvalue weighted by molar-refractivity contribution is 9.10. The highest BCUT2D eigenvalue weighted by Gasteiger charge is 2.21. The molecular weight excluding hydrogens is 314 g/mol. The van der Waals surface area contributed by atoms with Crippen molar-refractivity contribution in [3.8, 4) is 11.3 Å². The molecule has 3 nitrogen and oxygen atoms in total. The average Bonchev–Trinajstić information content (AvgIpc) is 3.09. The van der Waals surface area contributed by atoms with Crippen molar-refractivity contribution in [2.45, 2.75) is 38.6 Å². The van der Waals surface area contributed by atoms with Crippen LogP contribution in [-0.2, 0) is 0 Å². The summed E-state index contributed by atoms with van der Waals surface area (Å²) in [6.45, 7) is 3.06. The van der Waals surface area contributed by atoms with E-state index in [-0.39, 0.29) is 0 Å². The Morgan fingerprint density at radius 1 is 1.25 bits per heavy atom. The maximum atomic E-state index is 4.85. The van der Waals surface area contributed by atoms with Crippen LogP contribution >= 0.6 is 15.9 Å². The number of nitrogens with zero attached hydrogens (tertiary/aromatic N) is 2. The lowest BCUT2D eigenvalue weighted by Gasteiger charge is -2.14. The number of halogens is 1. The van der Waals surface area contributed by atoms with Crippen LogP contribution in [0.4, 0.5) is 5.82 Å². The van der Waals surface area contributed by atoms with Crippen LogP contribution in [0.2, 0.25) is 0 Å². The normalized spacial score (nSPS) is 15.7. The molecule has 1 saturated carbocycles. The molecule has 20 heavy (non-hydrogen) atoms. The average molecular weight is 334 g/mol. The summed E-state index contributed by atoms with van der Waals surface area (Å²) in [5.41, 5.74) is 2.23. The number of rotatable bonds is 4. The Bertz CT molecular complexity index is 568. The molecule has 1 aromatic carbocycles. The van der Waals surface area contributed by atoms with E-state index in [1.54, 1.807) is 0 Å². The Labute approximate surface area is 128 Å². The highest BCUT2D eigenvalue weighted by atomic mass is 79.9. The summed E-state index contributed by atoms with van der Waals surface area (Å²) in [7, 11) is 0. The smallest absolute Gasteiger partial charge is 0.125 e. The van der Waals surface area contributed by atoms with Crippen LogP contribution in [0.5, 0.6) is 0 Å². The van der Waals surface area contributed by atoms with Gasteiger partial charge < -0.3 is 5.32 Å². The molecule has 0 aliphatic heterocycles. The van der Waals surface area contributed by atoms with Gasteiger partial charge in [-0.25, -0.2) is 4.68 Å². The fraction of sp³-hybridized carbons (Fsp3) is 0.438. The summed E-state index contributed by atoms with van der Waals surface area (Å²) < 4.78 is 3.30. The molecule has 0 unspecified atom stereocenters. The van der Waals surface area contributed by atoms with Crippen LogP contribution < -0.4 is 5.32 Å². The quantitative estimate of drug-likeness (QED) is 0.865. The minimum atomic E-state index is 0.563. The van der Waals surface area contributed by atoms with Crippen molar-refractivity contribution in [3.63, 3.8) is 0 Å². The summed E-state index contributed by atoms with van der Waals surface area (Å²) in [5.74, 6) is 1.15. The van der Waals surface area contributed by atoms with Gasteiger partial charge in [0.1, 0.15) is 5.82 Å². The lowest BCUT2D eigenvalue weighted by molar-refractivity contribution is 0.473. The Kier molecular flexibility index (Phi) is 4.10. The molecule has 0 amide bonds. The van der Waals surface area contributed by atoms with E-state index in [4.69, 9.17) is 5.10 Å². The number of aromatic nitrogens is 2. The van der Waals surface area contributed by atoms with Gasteiger partial charge in [0.05, 0.1) is 11.7 Å². The predicted molar refractivity (Wildman–Crippen MR) is 87.0 cm³/mol. The van der Waals surface area contributed by atoms with E-state index in [1.165, 1.54) is 31.2 Å². The molecule has 1 aliphatic rings. The van der Waals surface area contributed by atoms with Crippen molar-refractivity contribution in [2.75, 3.05) is 11.9 Å². The van der Waals surface area contributed by atoms with Gasteiger partial charge in [0, 0.05) is 22.6 Å². The van der Waals surface area contributed by atoms with Gasteiger partial charge in [0.2, 0.25) is 0 Å². The lowest BCUT2D eigenvalue weighted by Crippen LogP contribution is -2.11. The van der Waals surface area contributed by atoms with Gasteiger partial charge in [0.25, 0.3) is 0 Å². The molecule has 1 fully saturated rings. The second kappa shape index (κ2) is 6.00. The van der Waals surface area contributed by atoms with Gasteiger partial charge in [-0.15, -0.1) is 0 Å². The Morgan fingerprint density at radius 3 is 2.60 bits per heavy atom. The van der Waals surface area contributed by atoms with Crippen LogP contribution in [0.25, 0.3) is 11.3 Å². The first kappa shape index (κ1) is 13.7. The van der Waals surface area contributed by atoms with Gasteiger partial charge in [-0.05, 0) is 31.9 Å². The Morgan fingerprint density at radius 2 is 1.95 bits per heavy atom. The number of hydrogen-bond acceptors (Lipinski definition) is 2. The maximum Gasteiger partial charge on any atom is 0.125 e. The summed E-state index contributed by atoms with van der Waals surface area (Å²) in [4.78, 5) is 0. The van der Waals surface area contributed by atoms with E-state index < -0.39 is 0 Å². The van der Waals surface area contributed by atoms with Gasteiger partial charge >= 0.3 is 0 Å². The molecule has 0 bridgehead atoms. The summed E-state index contributed by atoms with van der Waals surface area (Å²) in [5, 5.41) is 8.30. The molecule has 0 atom stereocenters. The first-order valence-corrected chi connectivity index (χ1v) is 8.16. The van der Waals surface area contributed by atoms with Crippen molar-refractivity contribution in [1.82, 2.24) is 9.78 Å². The predicted octanol–water partition coefficient (Wildman–Crippen LogP) is 4.86. The summed E-state index contributed by atoms with van der Waals surface area (Å²) in [6.07, 6.45) is 5.15. The van der Waals surface area contributed by atoms with Crippen molar-refractivity contribution in [2.24, 2.45) is 0 Å². The van der Waals surface area contributed by atoms with E-state index in [0.717, 1.165) is 22.5 Å². The number of benzene rings is 1. The molecule has 4 heteroatoms. The topological polar surface area (TPSA) is 29.9 Å². The SMILES string of the molecule is CCNc1cc(-c2ccc(Br)cc2)nn1C1CCCC1. The monoisotopic (exact) mass is 333 g/mol. The van der Waals surface area contributed by atoms with E-state index in [0.29, 0.717) is 6.04 Å². The van der Waals surface area contributed by atoms with Crippen LogP contribution in [0, 0.1) is 0 Å². The van der Waals surface area contributed by atoms with Crippen LogP contribution in [0.15, 0.2) is 34.8 Å². The number of nitrogens with one attached hydrogen (secondary N) is 1. The van der Waals surface area contributed by atoms with Gasteiger partial charge in [-0.2, -0.15) is 5.10 Å². The van der Waals surface area contributed by atoms with Crippen LogP contribution in [-0.4, -0.2) is 16.3 Å². The third kappa shape index (κ3) is 2.75. The molecule has 0 saturated heterocycles. The zero-order valence-corrected chi connectivity index (χ0v) is 13.4. The third-order valence-corrected chi connectivity index (χ3v) is 4.43. The molecular formula is C16H20BrN3. The Hall–Kier alpha value is -1.29.